The summed E-state index contributed by atoms with van der Waals surface area (Å²) in [6, 6.07) is 9.80. The number of halogens is 2. The zero-order valence-electron chi connectivity index (χ0n) is 29.5. The topological polar surface area (TPSA) is 161 Å². The lowest BCUT2D eigenvalue weighted by Gasteiger charge is -2.37. The predicted octanol–water partition coefficient (Wildman–Crippen LogP) is 6.15. The van der Waals surface area contributed by atoms with Gasteiger partial charge in [-0.15, -0.1) is 0 Å². The van der Waals surface area contributed by atoms with E-state index in [1.54, 1.807) is 24.5 Å². The van der Waals surface area contributed by atoms with E-state index < -0.39 is 21.8 Å². The Morgan fingerprint density at radius 3 is 2.27 bits per heavy atom. The third-order valence-electron chi connectivity index (χ3n) is 9.64. The number of ether oxygens (including phenoxy) is 1. The highest BCUT2D eigenvalue weighted by Gasteiger charge is 2.31. The van der Waals surface area contributed by atoms with Gasteiger partial charge >= 0.3 is 6.01 Å². The second kappa shape index (κ2) is 16.9. The molecule has 2 aromatic carbocycles. The number of rotatable bonds is 10. The van der Waals surface area contributed by atoms with E-state index in [0.717, 1.165) is 55.9 Å². The maximum Gasteiger partial charge on any atom is 0.324 e. The predicted molar refractivity (Wildman–Crippen MR) is 190 cm³/mol. The molecule has 0 saturated carbocycles. The number of hydrogen-bond donors (Lipinski definition) is 2. The van der Waals surface area contributed by atoms with Crippen LogP contribution in [0.25, 0.3) is 0 Å². The van der Waals surface area contributed by atoms with Crippen LogP contribution in [-0.4, -0.2) is 71.9 Å². The van der Waals surface area contributed by atoms with Crippen molar-refractivity contribution in [3.8, 4) is 5.75 Å². The minimum absolute atomic E-state index is 0.0666. The van der Waals surface area contributed by atoms with Gasteiger partial charge in [-0.1, -0.05) is 43.6 Å². The smallest absolute Gasteiger partial charge is 0.324 e. The Hall–Kier alpha value is -4.21. The van der Waals surface area contributed by atoms with Crippen molar-refractivity contribution in [1.82, 2.24) is 20.1 Å². The van der Waals surface area contributed by atoms with Crippen molar-refractivity contribution in [3.63, 3.8) is 0 Å². The summed E-state index contributed by atoms with van der Waals surface area (Å²) in [5.41, 5.74) is 7.66. The van der Waals surface area contributed by atoms with Crippen molar-refractivity contribution >= 4 is 22.1 Å². The van der Waals surface area contributed by atoms with Gasteiger partial charge in [-0.25, -0.2) is 18.7 Å². The summed E-state index contributed by atoms with van der Waals surface area (Å²) >= 11 is 0. The van der Waals surface area contributed by atoms with Crippen LogP contribution >= 0.6 is 0 Å². The third kappa shape index (κ3) is 10.2. The lowest BCUT2D eigenvalue weighted by atomic mass is 9.84. The quantitative estimate of drug-likeness (QED) is 0.180. The Kier molecular flexibility index (Phi) is 12.6. The monoisotopic (exact) mass is 727 g/mol. The maximum atomic E-state index is 14.3. The zero-order chi connectivity index (χ0) is 36.7. The van der Waals surface area contributed by atoms with E-state index >= 15 is 0 Å². The summed E-state index contributed by atoms with van der Waals surface area (Å²) in [5.74, 6) is 2.23. The van der Waals surface area contributed by atoms with E-state index in [0.29, 0.717) is 61.2 Å². The fourth-order valence-electron chi connectivity index (χ4n) is 6.45. The minimum Gasteiger partial charge on any atom is -0.490 e. The van der Waals surface area contributed by atoms with E-state index in [1.165, 1.54) is 18.2 Å². The largest absolute Gasteiger partial charge is 0.490 e. The molecule has 0 aliphatic carbocycles. The molecule has 0 amide bonds. The van der Waals surface area contributed by atoms with Gasteiger partial charge in [0.1, 0.15) is 11.6 Å². The highest BCUT2D eigenvalue weighted by atomic mass is 32.2. The first-order valence-electron chi connectivity index (χ1n) is 17.3. The van der Waals surface area contributed by atoms with Crippen molar-refractivity contribution in [2.24, 2.45) is 17.6 Å². The fraction of sp³-hybridized carbons (Fsp3) is 0.500. The molecule has 0 unspecified atom stereocenters. The van der Waals surface area contributed by atoms with E-state index in [1.807, 2.05) is 11.8 Å². The highest BCUT2D eigenvalue weighted by molar-refractivity contribution is 7.85. The molecule has 3 N–H and O–H groups in total. The Labute approximate surface area is 298 Å². The van der Waals surface area contributed by atoms with Crippen LogP contribution in [0.15, 0.2) is 64.3 Å². The number of aromatic nitrogens is 4. The van der Waals surface area contributed by atoms with Crippen LogP contribution in [0.3, 0.4) is 0 Å². The lowest BCUT2D eigenvalue weighted by Crippen LogP contribution is -2.48. The Balaban J connectivity index is 0.000000392. The molecule has 0 radical (unpaired) electrons. The SMILES string of the molecule is CC(C)c1noc(N2CCC([C@H](C)CCOc3cnc(N4CC[C@H](c5cc(F)ccc5F)[C@@H](N)C4)nc3)CC2)n1.Cc1ccc(S(=O)(=O)O)cc1. The second-order valence-electron chi connectivity index (χ2n) is 13.7. The molecule has 2 saturated heterocycles. The summed E-state index contributed by atoms with van der Waals surface area (Å²) in [6.45, 7) is 11.8. The maximum absolute atomic E-state index is 14.3. The van der Waals surface area contributed by atoms with Crippen molar-refractivity contribution in [2.75, 3.05) is 42.6 Å². The normalized spacial score (nSPS) is 19.1. The molecule has 276 valence electrons. The van der Waals surface area contributed by atoms with Gasteiger partial charge in [0.05, 0.1) is 23.9 Å². The minimum atomic E-state index is -4.02. The molecule has 51 heavy (non-hydrogen) atoms. The van der Waals surface area contributed by atoms with E-state index in [4.69, 9.17) is 19.5 Å². The summed E-state index contributed by atoms with van der Waals surface area (Å²) < 4.78 is 68.9. The van der Waals surface area contributed by atoms with Crippen LogP contribution in [0.1, 0.15) is 75.2 Å². The van der Waals surface area contributed by atoms with Gasteiger partial charge in [0.25, 0.3) is 10.1 Å². The molecule has 6 rings (SSSR count). The molecule has 15 heteroatoms. The molecular weight excluding hydrogens is 681 g/mol. The van der Waals surface area contributed by atoms with Crippen molar-refractivity contribution in [1.29, 1.82) is 0 Å². The fourth-order valence-corrected chi connectivity index (χ4v) is 6.93. The molecule has 2 aliphatic heterocycles. The number of benzene rings is 2. The molecule has 4 aromatic rings. The number of nitrogens with two attached hydrogens (primary N) is 1. The Bertz CT molecular complexity index is 1820. The van der Waals surface area contributed by atoms with E-state index in [-0.39, 0.29) is 22.8 Å². The molecule has 12 nitrogen and oxygen atoms in total. The first kappa shape index (κ1) is 38.0. The molecule has 3 atom stereocenters. The number of hydrogen-bond acceptors (Lipinski definition) is 11. The Morgan fingerprint density at radius 1 is 1.00 bits per heavy atom. The first-order chi connectivity index (χ1) is 24.3. The molecular formula is C36H47F2N7O5S. The van der Waals surface area contributed by atoms with Crippen molar-refractivity contribution in [2.45, 2.75) is 76.2 Å². The molecule has 0 spiro atoms. The number of anilines is 2. The third-order valence-corrected chi connectivity index (χ3v) is 10.5. The Morgan fingerprint density at radius 2 is 1.67 bits per heavy atom. The summed E-state index contributed by atoms with van der Waals surface area (Å²) in [5, 5.41) is 4.08. The van der Waals surface area contributed by atoms with Gasteiger partial charge < -0.3 is 24.8 Å². The van der Waals surface area contributed by atoms with Crippen LogP contribution in [0.2, 0.25) is 0 Å². The van der Waals surface area contributed by atoms with E-state index in [2.05, 4.69) is 45.8 Å². The van der Waals surface area contributed by atoms with Gasteiger partial charge in [-0.2, -0.15) is 13.4 Å². The molecule has 2 fully saturated rings. The first-order valence-corrected chi connectivity index (χ1v) is 18.8. The average Bonchev–Trinajstić information content (AvgIpc) is 3.61. The number of nitrogens with zero attached hydrogens (tertiary/aromatic N) is 6. The van der Waals surface area contributed by atoms with Gasteiger partial charge in [-0.05, 0) is 80.3 Å². The van der Waals surface area contributed by atoms with Gasteiger partial charge in [0.2, 0.25) is 5.95 Å². The molecule has 2 aromatic heterocycles. The average molecular weight is 728 g/mol. The summed E-state index contributed by atoms with van der Waals surface area (Å²) in [7, 11) is -4.02. The van der Waals surface area contributed by atoms with Gasteiger partial charge in [0, 0.05) is 44.1 Å². The standard InChI is InChI=1S/C29H39F2N7O2.C7H8O3S/c1-18(2)27-35-29(40-36-27)37-10-6-20(7-11-37)19(3)9-13-39-22-15-33-28(34-16-22)38-12-8-23(26(32)17-38)24-14-21(30)4-5-25(24)31;1-6-2-4-7(5-3-6)11(8,9)10/h4-5,14-16,18-20,23,26H,6-13,17,32H2,1-3H3;2-5H,1H3,(H,8,9,10)/t19-,23-,26+;/m1./s1. The van der Waals surface area contributed by atoms with Crippen molar-refractivity contribution in [3.05, 3.63) is 83.4 Å². The molecule has 4 heterocycles. The highest BCUT2D eigenvalue weighted by Crippen LogP contribution is 2.32. The van der Waals surface area contributed by atoms with Crippen LogP contribution < -0.4 is 20.3 Å². The number of piperidine rings is 2. The van der Waals surface area contributed by atoms with Crippen LogP contribution in [0.5, 0.6) is 5.75 Å². The van der Waals surface area contributed by atoms with Crippen LogP contribution in [0.4, 0.5) is 20.7 Å². The second-order valence-corrected chi connectivity index (χ2v) is 15.1. The number of aryl methyl sites for hydroxylation is 1. The molecule has 0 bridgehead atoms. The van der Waals surface area contributed by atoms with Crippen LogP contribution in [0, 0.1) is 30.4 Å². The van der Waals surface area contributed by atoms with Crippen LogP contribution in [-0.2, 0) is 10.1 Å². The van der Waals surface area contributed by atoms with Gasteiger partial charge in [0.15, 0.2) is 11.6 Å². The van der Waals surface area contributed by atoms with Crippen molar-refractivity contribution < 1.29 is 31.0 Å². The summed E-state index contributed by atoms with van der Waals surface area (Å²) in [6.07, 6.45) is 7.08. The van der Waals surface area contributed by atoms with E-state index in [9.17, 15) is 17.2 Å². The van der Waals surface area contributed by atoms with Gasteiger partial charge in [-0.3, -0.25) is 4.55 Å². The summed E-state index contributed by atoms with van der Waals surface area (Å²) in [4.78, 5) is 17.6. The lowest BCUT2D eigenvalue weighted by molar-refractivity contribution is 0.219. The molecule has 2 aliphatic rings. The zero-order valence-corrected chi connectivity index (χ0v) is 30.3.